The normalized spacial score (nSPS) is 44.1. The van der Waals surface area contributed by atoms with Crippen molar-refractivity contribution in [3.05, 3.63) is 23.3 Å². The Morgan fingerprint density at radius 1 is 1.03 bits per heavy atom. The van der Waals surface area contributed by atoms with Gasteiger partial charge in [0.15, 0.2) is 0 Å². The van der Waals surface area contributed by atoms with E-state index in [-0.39, 0.29) is 0 Å². The molecule has 0 aliphatic heterocycles. The maximum absolute atomic E-state index is 9.34. The minimum atomic E-state index is 0.353. The second-order valence-corrected chi connectivity index (χ2v) is 12.3. The summed E-state index contributed by atoms with van der Waals surface area (Å²) in [5.74, 6) is 5.14. The van der Waals surface area contributed by atoms with Crippen LogP contribution in [-0.2, 0) is 0 Å². The van der Waals surface area contributed by atoms with Crippen LogP contribution in [0.4, 0.5) is 0 Å². The molecule has 8 atom stereocenters. The molecule has 3 fully saturated rings. The third kappa shape index (κ3) is 3.76. The maximum Gasteiger partial charge on any atom is 0.0456 e. The van der Waals surface area contributed by atoms with Crippen molar-refractivity contribution in [3.8, 4) is 0 Å². The first-order valence-electron chi connectivity index (χ1n) is 13.3. The largest absolute Gasteiger partial charge is 0.396 e. The average molecular weight is 413 g/mol. The Balaban J connectivity index is 1.46. The number of allylic oxidation sites excluding steroid dienone is 4. The summed E-state index contributed by atoms with van der Waals surface area (Å²) in [6.45, 7) is 12.7. The summed E-state index contributed by atoms with van der Waals surface area (Å²) >= 11 is 0. The summed E-state index contributed by atoms with van der Waals surface area (Å²) in [6, 6.07) is 0. The van der Waals surface area contributed by atoms with Gasteiger partial charge in [0, 0.05) is 6.61 Å². The number of hydrogen-bond donors (Lipinski definition) is 1. The molecule has 30 heavy (non-hydrogen) atoms. The molecule has 3 saturated carbocycles. The van der Waals surface area contributed by atoms with E-state index in [0.29, 0.717) is 23.4 Å². The van der Waals surface area contributed by atoms with Crippen LogP contribution in [0.3, 0.4) is 0 Å². The Bertz CT molecular complexity index is 674. The summed E-state index contributed by atoms with van der Waals surface area (Å²) in [6.07, 6.45) is 20.2. The zero-order valence-electron chi connectivity index (χ0n) is 20.6. The summed E-state index contributed by atoms with van der Waals surface area (Å²) in [5.41, 5.74) is 4.46. The molecule has 4 aliphatic carbocycles. The third-order valence-electron chi connectivity index (χ3n) is 10.8. The van der Waals surface area contributed by atoms with Crippen molar-refractivity contribution in [1.29, 1.82) is 0 Å². The molecule has 0 radical (unpaired) electrons. The molecule has 0 aromatic rings. The highest BCUT2D eigenvalue weighted by molar-refractivity contribution is 5.34. The van der Waals surface area contributed by atoms with Crippen LogP contribution in [0.2, 0.25) is 0 Å². The van der Waals surface area contributed by atoms with Crippen LogP contribution in [0.15, 0.2) is 23.3 Å². The highest BCUT2D eigenvalue weighted by Gasteiger charge is 2.59. The van der Waals surface area contributed by atoms with E-state index in [1.807, 2.05) is 0 Å². The molecule has 5 unspecified atom stereocenters. The van der Waals surface area contributed by atoms with Gasteiger partial charge in [-0.3, -0.25) is 0 Å². The van der Waals surface area contributed by atoms with Crippen molar-refractivity contribution < 1.29 is 5.11 Å². The summed E-state index contributed by atoms with van der Waals surface area (Å²) in [4.78, 5) is 0. The number of rotatable bonds is 6. The van der Waals surface area contributed by atoms with Gasteiger partial charge in [-0.15, -0.1) is 0 Å². The number of hydrogen-bond acceptors (Lipinski definition) is 1. The van der Waals surface area contributed by atoms with E-state index in [2.05, 4.69) is 46.8 Å². The Kier molecular flexibility index (Phi) is 6.61. The van der Waals surface area contributed by atoms with E-state index in [1.54, 1.807) is 11.1 Å². The molecule has 0 saturated heterocycles. The Hall–Kier alpha value is -0.560. The highest BCUT2D eigenvalue weighted by atomic mass is 16.3. The van der Waals surface area contributed by atoms with Gasteiger partial charge in [-0.2, -0.15) is 0 Å². The van der Waals surface area contributed by atoms with Crippen molar-refractivity contribution in [2.45, 2.75) is 105 Å². The third-order valence-corrected chi connectivity index (χ3v) is 10.8. The summed E-state index contributed by atoms with van der Waals surface area (Å²) in [5, 5.41) is 9.34. The van der Waals surface area contributed by atoms with Gasteiger partial charge in [-0.1, -0.05) is 63.8 Å². The standard InChI is InChI=1S/C29H48O/c1-6-22-14-16-28(4)23(18-22)10-11-24-26-13-12-25(29(26,5)17-15-27(24)28)21(3)9-7-8-20(2)19-30/h6,18,20-21,24-27,30H,7-17,19H2,1-5H3/b22-6-/t20-,21-,24?,25?,26?,27?,28+,29?/m1/s1. The molecule has 1 nitrogen and oxygen atoms in total. The van der Waals surface area contributed by atoms with E-state index in [9.17, 15) is 5.11 Å². The van der Waals surface area contributed by atoms with E-state index in [0.717, 1.165) is 29.6 Å². The second kappa shape index (κ2) is 8.76. The first kappa shape index (κ1) is 22.6. The van der Waals surface area contributed by atoms with Crippen molar-refractivity contribution >= 4 is 0 Å². The Labute approximate surface area is 186 Å². The SMILES string of the molecule is C/C=C1\C=C2CCC3C4CCC([C@H](C)CCC[C@@H](C)CO)C4(C)CCC3[C@@]2(C)CC1. The summed E-state index contributed by atoms with van der Waals surface area (Å²) < 4.78 is 0. The van der Waals surface area contributed by atoms with Crippen LogP contribution < -0.4 is 0 Å². The molecule has 0 amide bonds. The van der Waals surface area contributed by atoms with E-state index in [1.165, 1.54) is 70.6 Å². The lowest BCUT2D eigenvalue weighted by atomic mass is 9.46. The van der Waals surface area contributed by atoms with Crippen LogP contribution >= 0.6 is 0 Å². The molecule has 4 aliphatic rings. The predicted molar refractivity (Wildman–Crippen MR) is 128 cm³/mol. The number of aliphatic hydroxyl groups excluding tert-OH is 1. The molecular weight excluding hydrogens is 364 g/mol. The predicted octanol–water partition coefficient (Wildman–Crippen LogP) is 7.95. The first-order chi connectivity index (χ1) is 14.3. The van der Waals surface area contributed by atoms with Crippen LogP contribution in [0.25, 0.3) is 0 Å². The monoisotopic (exact) mass is 412 g/mol. The van der Waals surface area contributed by atoms with Crippen molar-refractivity contribution in [3.63, 3.8) is 0 Å². The van der Waals surface area contributed by atoms with Crippen molar-refractivity contribution in [1.82, 2.24) is 0 Å². The summed E-state index contributed by atoms with van der Waals surface area (Å²) in [7, 11) is 0. The van der Waals surface area contributed by atoms with Gasteiger partial charge in [0.05, 0.1) is 0 Å². The van der Waals surface area contributed by atoms with Gasteiger partial charge in [-0.25, -0.2) is 0 Å². The van der Waals surface area contributed by atoms with Gasteiger partial charge in [0.1, 0.15) is 0 Å². The van der Waals surface area contributed by atoms with Gasteiger partial charge in [0.2, 0.25) is 0 Å². The lowest BCUT2D eigenvalue weighted by molar-refractivity contribution is -0.0581. The van der Waals surface area contributed by atoms with Crippen LogP contribution in [0, 0.1) is 46.3 Å². The number of aliphatic hydroxyl groups is 1. The molecule has 0 aromatic carbocycles. The lowest BCUT2D eigenvalue weighted by Crippen LogP contribution is -2.50. The Morgan fingerprint density at radius 2 is 1.83 bits per heavy atom. The molecule has 4 rings (SSSR count). The van der Waals surface area contributed by atoms with Crippen molar-refractivity contribution in [2.24, 2.45) is 46.3 Å². The van der Waals surface area contributed by atoms with Crippen molar-refractivity contribution in [2.75, 3.05) is 6.61 Å². The highest BCUT2D eigenvalue weighted by Crippen LogP contribution is 2.67. The fourth-order valence-corrected chi connectivity index (χ4v) is 8.89. The molecule has 0 aromatic heterocycles. The zero-order valence-corrected chi connectivity index (χ0v) is 20.6. The fourth-order valence-electron chi connectivity index (χ4n) is 8.89. The van der Waals surface area contributed by atoms with E-state index >= 15 is 0 Å². The molecule has 170 valence electrons. The van der Waals surface area contributed by atoms with Gasteiger partial charge in [0.25, 0.3) is 0 Å². The van der Waals surface area contributed by atoms with Gasteiger partial charge in [-0.05, 0) is 111 Å². The van der Waals surface area contributed by atoms with Crippen LogP contribution in [0.5, 0.6) is 0 Å². The van der Waals surface area contributed by atoms with Gasteiger partial charge >= 0.3 is 0 Å². The molecule has 0 spiro atoms. The van der Waals surface area contributed by atoms with Crippen LogP contribution in [0.1, 0.15) is 105 Å². The minimum Gasteiger partial charge on any atom is -0.396 e. The zero-order chi connectivity index (χ0) is 21.5. The molecule has 1 N–H and O–H groups in total. The average Bonchev–Trinajstić information content (AvgIpc) is 3.10. The second-order valence-electron chi connectivity index (χ2n) is 12.3. The molecule has 0 bridgehead atoms. The minimum absolute atomic E-state index is 0.353. The number of fused-ring (bicyclic) bond motifs is 5. The quantitative estimate of drug-likeness (QED) is 0.469. The van der Waals surface area contributed by atoms with E-state index in [4.69, 9.17) is 0 Å². The van der Waals surface area contributed by atoms with Gasteiger partial charge < -0.3 is 5.11 Å². The molecule has 1 heteroatoms. The molecular formula is C29H48O. The maximum atomic E-state index is 9.34. The topological polar surface area (TPSA) is 20.2 Å². The van der Waals surface area contributed by atoms with E-state index < -0.39 is 0 Å². The smallest absolute Gasteiger partial charge is 0.0456 e. The first-order valence-corrected chi connectivity index (χ1v) is 13.3. The fraction of sp³-hybridized carbons (Fsp3) is 0.862. The Morgan fingerprint density at radius 3 is 2.57 bits per heavy atom. The van der Waals surface area contributed by atoms with Crippen LogP contribution in [-0.4, -0.2) is 11.7 Å². The molecule has 0 heterocycles. The lowest BCUT2D eigenvalue weighted by Gasteiger charge is -2.59.